The molecule has 0 aliphatic carbocycles. The van der Waals surface area contributed by atoms with Crippen molar-refractivity contribution in [2.75, 3.05) is 6.54 Å². The molecule has 2 N–H and O–H groups in total. The van der Waals surface area contributed by atoms with Gasteiger partial charge in [-0.15, -0.1) is 0 Å². The van der Waals surface area contributed by atoms with Crippen LogP contribution in [0, 0.1) is 18.8 Å². The second kappa shape index (κ2) is 7.23. The van der Waals surface area contributed by atoms with Crippen molar-refractivity contribution in [2.24, 2.45) is 17.6 Å². The number of carbonyl (C=O) groups is 1. The van der Waals surface area contributed by atoms with Crippen LogP contribution < -0.4 is 5.73 Å². The van der Waals surface area contributed by atoms with Gasteiger partial charge in [0.15, 0.2) is 6.10 Å². The van der Waals surface area contributed by atoms with Crippen molar-refractivity contribution in [3.8, 4) is 0 Å². The van der Waals surface area contributed by atoms with E-state index in [-0.39, 0.29) is 11.9 Å². The summed E-state index contributed by atoms with van der Waals surface area (Å²) >= 11 is 0. The molecule has 1 unspecified atom stereocenters. The van der Waals surface area contributed by atoms with E-state index in [2.05, 4.69) is 24.0 Å². The molecule has 2 atom stereocenters. The standard InChI is InChI=1S/C13H23N3O3/c1-8(2)5-11(7-14)6-12(17)18-9(3)13-15-10(4)19-16-13/h8-9,11H,5-7,14H2,1-4H3/t9?,11-/m0/s1. The Hall–Kier alpha value is -1.43. The second-order valence-electron chi connectivity index (χ2n) is 5.24. The highest BCUT2D eigenvalue weighted by molar-refractivity contribution is 5.69. The summed E-state index contributed by atoms with van der Waals surface area (Å²) in [5.74, 6) is 1.24. The minimum atomic E-state index is -0.498. The highest BCUT2D eigenvalue weighted by Gasteiger charge is 2.20. The highest BCUT2D eigenvalue weighted by Crippen LogP contribution is 2.18. The Bertz CT molecular complexity index is 404. The third kappa shape index (κ3) is 5.38. The zero-order valence-electron chi connectivity index (χ0n) is 12.0. The van der Waals surface area contributed by atoms with Crippen LogP contribution in [0.15, 0.2) is 4.52 Å². The van der Waals surface area contributed by atoms with Crippen LogP contribution in [-0.4, -0.2) is 22.7 Å². The first-order chi connectivity index (χ1) is 8.92. The molecule has 0 spiro atoms. The summed E-state index contributed by atoms with van der Waals surface area (Å²) in [6, 6.07) is 0. The van der Waals surface area contributed by atoms with Crippen molar-refractivity contribution < 1.29 is 14.1 Å². The predicted octanol–water partition coefficient (Wildman–Crippen LogP) is 1.99. The molecule has 108 valence electrons. The quantitative estimate of drug-likeness (QED) is 0.761. The minimum absolute atomic E-state index is 0.159. The number of nitrogens with two attached hydrogens (primary N) is 1. The highest BCUT2D eigenvalue weighted by atomic mass is 16.5. The summed E-state index contributed by atoms with van der Waals surface area (Å²) in [6.07, 6.45) is 0.749. The number of hydrogen-bond acceptors (Lipinski definition) is 6. The van der Waals surface area contributed by atoms with Gasteiger partial charge in [0.25, 0.3) is 0 Å². The third-order valence-corrected chi connectivity index (χ3v) is 2.81. The van der Waals surface area contributed by atoms with E-state index in [9.17, 15) is 4.79 Å². The Labute approximate surface area is 113 Å². The second-order valence-corrected chi connectivity index (χ2v) is 5.24. The maximum absolute atomic E-state index is 11.8. The molecule has 0 radical (unpaired) electrons. The molecule has 6 heteroatoms. The van der Waals surface area contributed by atoms with Crippen LogP contribution >= 0.6 is 0 Å². The van der Waals surface area contributed by atoms with Gasteiger partial charge in [0, 0.05) is 13.3 Å². The van der Waals surface area contributed by atoms with Crippen LogP contribution in [0.5, 0.6) is 0 Å². The van der Waals surface area contributed by atoms with Crippen LogP contribution in [0.2, 0.25) is 0 Å². The van der Waals surface area contributed by atoms with Crippen molar-refractivity contribution in [2.45, 2.75) is 46.6 Å². The Morgan fingerprint density at radius 3 is 2.58 bits per heavy atom. The summed E-state index contributed by atoms with van der Waals surface area (Å²) in [5, 5.41) is 3.73. The van der Waals surface area contributed by atoms with E-state index in [4.69, 9.17) is 15.0 Å². The van der Waals surface area contributed by atoms with Crippen molar-refractivity contribution in [3.05, 3.63) is 11.7 Å². The molecule has 19 heavy (non-hydrogen) atoms. The average molecular weight is 269 g/mol. The maximum atomic E-state index is 11.8. The predicted molar refractivity (Wildman–Crippen MR) is 70.2 cm³/mol. The summed E-state index contributed by atoms with van der Waals surface area (Å²) < 4.78 is 10.1. The third-order valence-electron chi connectivity index (χ3n) is 2.81. The van der Waals surface area contributed by atoms with Gasteiger partial charge in [0.05, 0.1) is 0 Å². The van der Waals surface area contributed by atoms with Crippen LogP contribution in [0.3, 0.4) is 0 Å². The number of rotatable bonds is 7. The van der Waals surface area contributed by atoms with Gasteiger partial charge in [-0.1, -0.05) is 19.0 Å². The first kappa shape index (κ1) is 15.6. The Balaban J connectivity index is 2.45. The van der Waals surface area contributed by atoms with E-state index >= 15 is 0 Å². The molecule has 0 fully saturated rings. The monoisotopic (exact) mass is 269 g/mol. The Morgan fingerprint density at radius 2 is 2.11 bits per heavy atom. The van der Waals surface area contributed by atoms with Gasteiger partial charge < -0.3 is 15.0 Å². The Morgan fingerprint density at radius 1 is 1.42 bits per heavy atom. The van der Waals surface area contributed by atoms with E-state index in [1.807, 2.05) is 0 Å². The molecule has 1 heterocycles. The number of hydrogen-bond donors (Lipinski definition) is 1. The lowest BCUT2D eigenvalue weighted by molar-refractivity contribution is -0.150. The lowest BCUT2D eigenvalue weighted by Gasteiger charge is -2.17. The van der Waals surface area contributed by atoms with E-state index < -0.39 is 6.10 Å². The number of esters is 1. The van der Waals surface area contributed by atoms with Crippen LogP contribution in [0.4, 0.5) is 0 Å². The van der Waals surface area contributed by atoms with Gasteiger partial charge in [-0.3, -0.25) is 4.79 Å². The molecule has 6 nitrogen and oxygen atoms in total. The largest absolute Gasteiger partial charge is 0.454 e. The molecular weight excluding hydrogens is 246 g/mol. The fourth-order valence-corrected chi connectivity index (χ4v) is 1.94. The summed E-state index contributed by atoms with van der Waals surface area (Å²) in [4.78, 5) is 15.9. The number of aromatic nitrogens is 2. The van der Waals surface area contributed by atoms with Crippen LogP contribution in [0.1, 0.15) is 51.4 Å². The molecule has 0 saturated carbocycles. The molecule has 0 aromatic carbocycles. The minimum Gasteiger partial charge on any atom is -0.454 e. The molecule has 0 amide bonds. The number of ether oxygens (including phenoxy) is 1. The van der Waals surface area contributed by atoms with Gasteiger partial charge >= 0.3 is 5.97 Å². The van der Waals surface area contributed by atoms with Crippen molar-refractivity contribution in [1.29, 1.82) is 0 Å². The van der Waals surface area contributed by atoms with Gasteiger partial charge in [-0.2, -0.15) is 4.98 Å². The van der Waals surface area contributed by atoms with Crippen LogP contribution in [-0.2, 0) is 9.53 Å². The number of carbonyl (C=O) groups excluding carboxylic acids is 1. The van der Waals surface area contributed by atoms with Gasteiger partial charge in [0.2, 0.25) is 11.7 Å². The zero-order valence-corrected chi connectivity index (χ0v) is 12.0. The number of nitrogens with zero attached hydrogens (tertiary/aromatic N) is 2. The van der Waals surface area contributed by atoms with E-state index in [0.29, 0.717) is 30.6 Å². The smallest absolute Gasteiger partial charge is 0.306 e. The fraction of sp³-hybridized carbons (Fsp3) is 0.769. The molecular formula is C13H23N3O3. The fourth-order valence-electron chi connectivity index (χ4n) is 1.94. The molecule has 1 aromatic heterocycles. The van der Waals surface area contributed by atoms with Crippen molar-refractivity contribution >= 4 is 5.97 Å². The van der Waals surface area contributed by atoms with Crippen molar-refractivity contribution in [3.63, 3.8) is 0 Å². The van der Waals surface area contributed by atoms with Gasteiger partial charge in [-0.05, 0) is 31.7 Å². The lowest BCUT2D eigenvalue weighted by atomic mass is 9.94. The molecule has 0 saturated heterocycles. The molecule has 0 bridgehead atoms. The first-order valence-corrected chi connectivity index (χ1v) is 6.62. The van der Waals surface area contributed by atoms with Gasteiger partial charge in [-0.25, -0.2) is 0 Å². The summed E-state index contributed by atoms with van der Waals surface area (Å²) in [7, 11) is 0. The molecule has 1 aromatic rings. The summed E-state index contributed by atoms with van der Waals surface area (Å²) in [6.45, 7) is 8.13. The number of aryl methyl sites for hydroxylation is 1. The normalized spacial score (nSPS) is 14.4. The topological polar surface area (TPSA) is 91.2 Å². The summed E-state index contributed by atoms with van der Waals surface area (Å²) in [5.41, 5.74) is 5.67. The van der Waals surface area contributed by atoms with Gasteiger partial charge in [0.1, 0.15) is 0 Å². The Kier molecular flexibility index (Phi) is 5.95. The van der Waals surface area contributed by atoms with Crippen LogP contribution in [0.25, 0.3) is 0 Å². The van der Waals surface area contributed by atoms with E-state index in [0.717, 1.165) is 6.42 Å². The van der Waals surface area contributed by atoms with E-state index in [1.165, 1.54) is 0 Å². The molecule has 1 rings (SSSR count). The van der Waals surface area contributed by atoms with E-state index in [1.54, 1.807) is 13.8 Å². The zero-order chi connectivity index (χ0) is 14.4. The SMILES string of the molecule is Cc1nc(C(C)OC(=O)C[C@@H](CN)CC(C)C)no1. The molecule has 0 aliphatic rings. The average Bonchev–Trinajstić information content (AvgIpc) is 2.74. The first-order valence-electron chi connectivity index (χ1n) is 6.62. The van der Waals surface area contributed by atoms with Crippen molar-refractivity contribution in [1.82, 2.24) is 10.1 Å². The maximum Gasteiger partial charge on any atom is 0.306 e. The lowest BCUT2D eigenvalue weighted by Crippen LogP contribution is -2.22. The molecule has 0 aliphatic heterocycles.